The number of ketones is 1. The quantitative estimate of drug-likeness (QED) is 0.542. The zero-order valence-electron chi connectivity index (χ0n) is 7.05. The number of hydrogen-bond acceptors (Lipinski definition) is 1. The Kier molecular flexibility index (Phi) is 3.52. The van der Waals surface area contributed by atoms with Crippen molar-refractivity contribution in [3.8, 4) is 0 Å². The lowest BCUT2D eigenvalue weighted by Crippen LogP contribution is -1.94. The van der Waals surface area contributed by atoms with Crippen molar-refractivity contribution in [2.24, 2.45) is 0 Å². The van der Waals surface area contributed by atoms with Crippen LogP contribution in [0.25, 0.3) is 0 Å². The van der Waals surface area contributed by atoms with Gasteiger partial charge in [-0.15, -0.1) is 0 Å². The molecule has 0 amide bonds. The highest BCUT2D eigenvalue weighted by Gasteiger charge is 2.06. The highest BCUT2D eigenvalue weighted by molar-refractivity contribution is 6.36. The van der Waals surface area contributed by atoms with E-state index in [4.69, 9.17) is 23.2 Å². The Morgan fingerprint density at radius 3 is 2.69 bits per heavy atom. The van der Waals surface area contributed by atoms with E-state index in [-0.39, 0.29) is 5.78 Å². The molecule has 0 radical (unpaired) electrons. The average molecular weight is 215 g/mol. The summed E-state index contributed by atoms with van der Waals surface area (Å²) >= 11 is 11.5. The number of benzene rings is 1. The standard InChI is InChI=1S/C10H8Cl2O/c1-2-3-10(13)8-6-7(11)4-5-9(8)12/h2-6H,1H3/b3-2+. The fourth-order valence-electron chi connectivity index (χ4n) is 0.927. The summed E-state index contributed by atoms with van der Waals surface area (Å²) in [7, 11) is 0. The lowest BCUT2D eigenvalue weighted by atomic mass is 10.1. The Morgan fingerprint density at radius 2 is 2.08 bits per heavy atom. The van der Waals surface area contributed by atoms with E-state index in [0.717, 1.165) is 0 Å². The van der Waals surface area contributed by atoms with E-state index in [0.29, 0.717) is 15.6 Å². The minimum Gasteiger partial charge on any atom is -0.289 e. The zero-order valence-corrected chi connectivity index (χ0v) is 8.56. The molecule has 0 aliphatic heterocycles. The average Bonchev–Trinajstić information content (AvgIpc) is 2.09. The van der Waals surface area contributed by atoms with Crippen LogP contribution in [0.4, 0.5) is 0 Å². The molecule has 0 aliphatic carbocycles. The van der Waals surface area contributed by atoms with Gasteiger partial charge in [-0.2, -0.15) is 0 Å². The predicted molar refractivity (Wildman–Crippen MR) is 55.6 cm³/mol. The summed E-state index contributed by atoms with van der Waals surface area (Å²) < 4.78 is 0. The van der Waals surface area contributed by atoms with Crippen LogP contribution in [-0.2, 0) is 0 Å². The van der Waals surface area contributed by atoms with Crippen molar-refractivity contribution in [1.29, 1.82) is 0 Å². The van der Waals surface area contributed by atoms with Gasteiger partial charge in [0.1, 0.15) is 0 Å². The zero-order chi connectivity index (χ0) is 9.84. The van der Waals surface area contributed by atoms with Crippen LogP contribution in [0, 0.1) is 0 Å². The second-order valence-corrected chi connectivity index (χ2v) is 3.33. The number of rotatable bonds is 2. The number of carbonyl (C=O) groups excluding carboxylic acids is 1. The second kappa shape index (κ2) is 4.45. The summed E-state index contributed by atoms with van der Waals surface area (Å²) in [5.74, 6) is -0.130. The van der Waals surface area contributed by atoms with Gasteiger partial charge in [-0.3, -0.25) is 4.79 Å². The lowest BCUT2D eigenvalue weighted by molar-refractivity contribution is 0.104. The highest BCUT2D eigenvalue weighted by Crippen LogP contribution is 2.21. The summed E-state index contributed by atoms with van der Waals surface area (Å²) in [6, 6.07) is 4.82. The van der Waals surface area contributed by atoms with Crippen molar-refractivity contribution in [3.63, 3.8) is 0 Å². The van der Waals surface area contributed by atoms with E-state index in [1.807, 2.05) is 0 Å². The second-order valence-electron chi connectivity index (χ2n) is 2.49. The van der Waals surface area contributed by atoms with Crippen LogP contribution in [0.15, 0.2) is 30.4 Å². The van der Waals surface area contributed by atoms with E-state index in [2.05, 4.69) is 0 Å². The van der Waals surface area contributed by atoms with E-state index in [1.165, 1.54) is 6.08 Å². The molecule has 1 aromatic carbocycles. The first-order chi connectivity index (χ1) is 6.15. The van der Waals surface area contributed by atoms with Crippen LogP contribution in [0.2, 0.25) is 10.0 Å². The summed E-state index contributed by atoms with van der Waals surface area (Å²) in [4.78, 5) is 11.4. The van der Waals surface area contributed by atoms with Gasteiger partial charge in [0.05, 0.1) is 5.02 Å². The summed E-state index contributed by atoms with van der Waals surface area (Å²) in [5, 5.41) is 0.935. The molecule has 0 heterocycles. The molecule has 0 fully saturated rings. The number of allylic oxidation sites excluding steroid dienone is 2. The largest absolute Gasteiger partial charge is 0.289 e. The van der Waals surface area contributed by atoms with E-state index in [1.54, 1.807) is 31.2 Å². The van der Waals surface area contributed by atoms with Gasteiger partial charge in [-0.25, -0.2) is 0 Å². The van der Waals surface area contributed by atoms with Gasteiger partial charge in [0, 0.05) is 10.6 Å². The molecule has 0 spiro atoms. The lowest BCUT2D eigenvalue weighted by Gasteiger charge is -1.99. The first-order valence-corrected chi connectivity index (χ1v) is 4.53. The van der Waals surface area contributed by atoms with Crippen LogP contribution in [-0.4, -0.2) is 5.78 Å². The maximum absolute atomic E-state index is 11.4. The third-order valence-electron chi connectivity index (χ3n) is 1.51. The molecule has 0 bridgehead atoms. The van der Waals surface area contributed by atoms with E-state index in [9.17, 15) is 4.79 Å². The van der Waals surface area contributed by atoms with Gasteiger partial charge in [0.2, 0.25) is 0 Å². The number of hydrogen-bond donors (Lipinski definition) is 0. The normalized spacial score (nSPS) is 10.7. The fraction of sp³-hybridized carbons (Fsp3) is 0.100. The van der Waals surface area contributed by atoms with Crippen LogP contribution in [0.1, 0.15) is 17.3 Å². The van der Waals surface area contributed by atoms with Gasteiger partial charge in [-0.1, -0.05) is 29.3 Å². The predicted octanol–water partition coefficient (Wildman–Crippen LogP) is 3.75. The third-order valence-corrected chi connectivity index (χ3v) is 2.08. The van der Waals surface area contributed by atoms with Crippen molar-refractivity contribution >= 4 is 29.0 Å². The molecule has 1 rings (SSSR count). The Morgan fingerprint density at radius 1 is 1.38 bits per heavy atom. The van der Waals surface area contributed by atoms with Crippen molar-refractivity contribution in [3.05, 3.63) is 46.0 Å². The van der Waals surface area contributed by atoms with E-state index < -0.39 is 0 Å². The molecule has 1 aromatic rings. The Hall–Kier alpha value is -0.790. The molecular formula is C10H8Cl2O. The first-order valence-electron chi connectivity index (χ1n) is 3.77. The van der Waals surface area contributed by atoms with Crippen LogP contribution < -0.4 is 0 Å². The molecule has 0 saturated heterocycles. The minimum absolute atomic E-state index is 0.130. The van der Waals surface area contributed by atoms with Gasteiger partial charge in [0.25, 0.3) is 0 Å². The van der Waals surface area contributed by atoms with Crippen LogP contribution in [0.5, 0.6) is 0 Å². The summed E-state index contributed by atoms with van der Waals surface area (Å²) in [5.41, 5.74) is 0.437. The Labute approximate surface area is 87.0 Å². The van der Waals surface area contributed by atoms with Gasteiger partial charge in [0.15, 0.2) is 5.78 Å². The fourth-order valence-corrected chi connectivity index (χ4v) is 1.31. The molecule has 0 aliphatic rings. The minimum atomic E-state index is -0.130. The maximum Gasteiger partial charge on any atom is 0.187 e. The molecule has 0 atom stereocenters. The topological polar surface area (TPSA) is 17.1 Å². The monoisotopic (exact) mass is 214 g/mol. The summed E-state index contributed by atoms with van der Waals surface area (Å²) in [6.45, 7) is 1.77. The molecule has 0 unspecified atom stereocenters. The molecule has 68 valence electrons. The third kappa shape index (κ3) is 2.58. The maximum atomic E-state index is 11.4. The highest BCUT2D eigenvalue weighted by atomic mass is 35.5. The Bertz CT molecular complexity index is 356. The van der Waals surface area contributed by atoms with Crippen LogP contribution in [0.3, 0.4) is 0 Å². The van der Waals surface area contributed by atoms with Gasteiger partial charge < -0.3 is 0 Å². The molecule has 13 heavy (non-hydrogen) atoms. The molecule has 0 N–H and O–H groups in total. The van der Waals surface area contributed by atoms with Gasteiger partial charge >= 0.3 is 0 Å². The SMILES string of the molecule is C/C=C/C(=O)c1cc(Cl)ccc1Cl. The van der Waals surface area contributed by atoms with Gasteiger partial charge in [-0.05, 0) is 31.2 Å². The first kappa shape index (κ1) is 10.3. The summed E-state index contributed by atoms with van der Waals surface area (Å²) in [6.07, 6.45) is 3.12. The molecular weight excluding hydrogens is 207 g/mol. The smallest absolute Gasteiger partial charge is 0.187 e. The molecule has 3 heteroatoms. The molecule has 0 aromatic heterocycles. The molecule has 1 nitrogen and oxygen atoms in total. The Balaban J connectivity index is 3.13. The number of carbonyl (C=O) groups is 1. The van der Waals surface area contributed by atoms with Crippen LogP contribution >= 0.6 is 23.2 Å². The molecule has 0 saturated carbocycles. The van der Waals surface area contributed by atoms with E-state index >= 15 is 0 Å². The number of halogens is 2. The van der Waals surface area contributed by atoms with Crippen molar-refractivity contribution in [2.75, 3.05) is 0 Å². The van der Waals surface area contributed by atoms with Crippen molar-refractivity contribution < 1.29 is 4.79 Å². The van der Waals surface area contributed by atoms with Crippen molar-refractivity contribution in [1.82, 2.24) is 0 Å². The van der Waals surface area contributed by atoms with Crippen molar-refractivity contribution in [2.45, 2.75) is 6.92 Å².